The summed E-state index contributed by atoms with van der Waals surface area (Å²) in [6.07, 6.45) is 2.70. The predicted molar refractivity (Wildman–Crippen MR) is 104 cm³/mol. The molecule has 134 valence electrons. The minimum atomic E-state index is -1.09. The first kappa shape index (κ1) is 18.5. The number of rotatable bonds is 2. The van der Waals surface area contributed by atoms with E-state index in [1.165, 1.54) is 0 Å². The van der Waals surface area contributed by atoms with Gasteiger partial charge in [-0.3, -0.25) is 4.79 Å². The van der Waals surface area contributed by atoms with Crippen LogP contribution in [0.15, 0.2) is 48.5 Å². The van der Waals surface area contributed by atoms with Crippen molar-refractivity contribution < 1.29 is 9.90 Å². The molecule has 2 N–H and O–H groups in total. The molecular formula is C22H22ClNO2. The molecule has 0 aliphatic heterocycles. The minimum absolute atomic E-state index is 0.0868. The molecule has 0 bridgehead atoms. The van der Waals surface area contributed by atoms with Gasteiger partial charge in [0.05, 0.1) is 0 Å². The number of amides is 1. The highest BCUT2D eigenvalue weighted by atomic mass is 35.5. The van der Waals surface area contributed by atoms with Crippen LogP contribution in [0.3, 0.4) is 0 Å². The summed E-state index contributed by atoms with van der Waals surface area (Å²) >= 11 is 5.97. The third-order valence-electron chi connectivity index (χ3n) is 4.64. The topological polar surface area (TPSA) is 49.3 Å². The average Bonchev–Trinajstić information content (AvgIpc) is 2.61. The van der Waals surface area contributed by atoms with Crippen LogP contribution in [0.5, 0.6) is 0 Å². The van der Waals surface area contributed by atoms with Gasteiger partial charge < -0.3 is 10.4 Å². The highest BCUT2D eigenvalue weighted by Gasteiger charge is 2.33. The number of aryl methyl sites for hydroxylation is 1. The van der Waals surface area contributed by atoms with Gasteiger partial charge >= 0.3 is 0 Å². The lowest BCUT2D eigenvalue weighted by Gasteiger charge is -2.33. The van der Waals surface area contributed by atoms with Crippen molar-refractivity contribution in [1.29, 1.82) is 0 Å². The fourth-order valence-electron chi connectivity index (χ4n) is 3.22. The lowest BCUT2D eigenvalue weighted by Crippen LogP contribution is -2.45. The second-order valence-electron chi connectivity index (χ2n) is 6.92. The van der Waals surface area contributed by atoms with Gasteiger partial charge in [-0.2, -0.15) is 0 Å². The summed E-state index contributed by atoms with van der Waals surface area (Å²) in [5, 5.41) is 14.5. The van der Waals surface area contributed by atoms with Gasteiger partial charge in [-0.1, -0.05) is 47.2 Å². The lowest BCUT2D eigenvalue weighted by molar-refractivity contribution is 0.0452. The molecule has 1 saturated carbocycles. The molecule has 0 heterocycles. The van der Waals surface area contributed by atoms with E-state index in [1.54, 1.807) is 12.1 Å². The first-order valence-corrected chi connectivity index (χ1v) is 9.20. The number of hydrogen-bond acceptors (Lipinski definition) is 2. The van der Waals surface area contributed by atoms with Gasteiger partial charge in [0.1, 0.15) is 5.60 Å². The molecule has 1 fully saturated rings. The summed E-state index contributed by atoms with van der Waals surface area (Å²) in [6.45, 7) is 1.99. The smallest absolute Gasteiger partial charge is 0.251 e. The molecule has 2 aromatic carbocycles. The van der Waals surface area contributed by atoms with Crippen molar-refractivity contribution in [2.24, 2.45) is 0 Å². The van der Waals surface area contributed by atoms with Crippen molar-refractivity contribution in [2.75, 3.05) is 0 Å². The van der Waals surface area contributed by atoms with Gasteiger partial charge in [-0.05, 0) is 56.5 Å². The Hall–Kier alpha value is -2.28. The predicted octanol–water partition coefficient (Wildman–Crippen LogP) is 4.10. The first-order valence-electron chi connectivity index (χ1n) is 8.82. The molecule has 2 atom stereocenters. The Morgan fingerprint density at radius 2 is 2.04 bits per heavy atom. The van der Waals surface area contributed by atoms with Gasteiger partial charge in [0.2, 0.25) is 0 Å². The molecule has 1 amide bonds. The number of carbonyl (C=O) groups excluding carboxylic acids is 1. The van der Waals surface area contributed by atoms with Gasteiger partial charge in [-0.25, -0.2) is 0 Å². The third kappa shape index (κ3) is 4.88. The maximum atomic E-state index is 12.4. The van der Waals surface area contributed by atoms with E-state index in [2.05, 4.69) is 17.2 Å². The van der Waals surface area contributed by atoms with Gasteiger partial charge in [-0.15, -0.1) is 0 Å². The summed E-state index contributed by atoms with van der Waals surface area (Å²) in [5.41, 5.74) is 1.43. The van der Waals surface area contributed by atoms with E-state index in [1.807, 2.05) is 43.3 Å². The van der Waals surface area contributed by atoms with Crippen LogP contribution in [-0.2, 0) is 0 Å². The summed E-state index contributed by atoms with van der Waals surface area (Å²) < 4.78 is 0. The van der Waals surface area contributed by atoms with Crippen molar-refractivity contribution in [3.63, 3.8) is 0 Å². The van der Waals surface area contributed by atoms with Crippen molar-refractivity contribution in [3.8, 4) is 11.8 Å². The highest BCUT2D eigenvalue weighted by Crippen LogP contribution is 2.28. The zero-order valence-electron chi connectivity index (χ0n) is 14.8. The van der Waals surface area contributed by atoms with Gasteiger partial charge in [0, 0.05) is 28.6 Å². The molecule has 0 radical (unpaired) electrons. The molecule has 26 heavy (non-hydrogen) atoms. The summed E-state index contributed by atoms with van der Waals surface area (Å²) in [7, 11) is 0. The SMILES string of the molecule is Cc1ccc(C(=O)NC2CCCC(O)(C#Cc3cccc(Cl)c3)C2)cc1. The molecule has 4 heteroatoms. The van der Waals surface area contributed by atoms with E-state index in [4.69, 9.17) is 11.6 Å². The van der Waals surface area contributed by atoms with Crippen LogP contribution in [0.4, 0.5) is 0 Å². The lowest BCUT2D eigenvalue weighted by atomic mass is 9.82. The Kier molecular flexibility index (Phi) is 5.66. The monoisotopic (exact) mass is 367 g/mol. The summed E-state index contributed by atoms with van der Waals surface area (Å²) in [4.78, 5) is 12.4. The molecule has 3 rings (SSSR count). The van der Waals surface area contributed by atoms with Crippen LogP contribution in [0, 0.1) is 18.8 Å². The number of benzene rings is 2. The van der Waals surface area contributed by atoms with Crippen LogP contribution in [0.25, 0.3) is 0 Å². The van der Waals surface area contributed by atoms with Crippen molar-refractivity contribution in [2.45, 2.75) is 44.2 Å². The Labute approximate surface area is 159 Å². The molecule has 0 saturated heterocycles. The fraction of sp³-hybridized carbons (Fsp3) is 0.318. The second kappa shape index (κ2) is 7.95. The summed E-state index contributed by atoms with van der Waals surface area (Å²) in [5.74, 6) is 5.89. The molecular weight excluding hydrogens is 346 g/mol. The molecule has 3 nitrogen and oxygen atoms in total. The average molecular weight is 368 g/mol. The van der Waals surface area contributed by atoms with Gasteiger partial charge in [0.25, 0.3) is 5.91 Å². The quantitative estimate of drug-likeness (QED) is 0.785. The van der Waals surface area contributed by atoms with E-state index >= 15 is 0 Å². The summed E-state index contributed by atoms with van der Waals surface area (Å²) in [6, 6.07) is 14.7. The minimum Gasteiger partial charge on any atom is -0.378 e. The molecule has 2 aromatic rings. The number of halogens is 1. The maximum absolute atomic E-state index is 12.4. The van der Waals surface area contributed by atoms with Crippen molar-refractivity contribution >= 4 is 17.5 Å². The van der Waals surface area contributed by atoms with Crippen molar-refractivity contribution in [3.05, 3.63) is 70.2 Å². The Bertz CT molecular complexity index is 850. The van der Waals surface area contributed by atoms with Crippen molar-refractivity contribution in [1.82, 2.24) is 5.32 Å². The molecule has 0 aromatic heterocycles. The van der Waals surface area contributed by atoms with E-state index in [0.29, 0.717) is 23.4 Å². The van der Waals surface area contributed by atoms with Crippen LogP contribution in [0.2, 0.25) is 5.02 Å². The number of carbonyl (C=O) groups is 1. The van der Waals surface area contributed by atoms with Crippen LogP contribution >= 0.6 is 11.6 Å². The number of aliphatic hydroxyl groups is 1. The first-order chi connectivity index (χ1) is 12.4. The van der Waals surface area contributed by atoms with E-state index < -0.39 is 5.60 Å². The Balaban J connectivity index is 1.66. The standard InChI is InChI=1S/C22H22ClNO2/c1-16-7-9-18(10-8-16)21(25)24-20-6-3-12-22(26,15-20)13-11-17-4-2-5-19(23)14-17/h2,4-5,7-10,14,20,26H,3,6,12,15H2,1H3,(H,24,25). The molecule has 2 unspecified atom stereocenters. The number of nitrogens with one attached hydrogen (secondary N) is 1. The highest BCUT2D eigenvalue weighted by molar-refractivity contribution is 6.30. The second-order valence-corrected chi connectivity index (χ2v) is 7.36. The zero-order chi connectivity index (χ0) is 18.6. The Morgan fingerprint density at radius 1 is 1.27 bits per heavy atom. The molecule has 1 aliphatic carbocycles. The fourth-order valence-corrected chi connectivity index (χ4v) is 3.41. The maximum Gasteiger partial charge on any atom is 0.251 e. The van der Waals surface area contributed by atoms with Crippen LogP contribution in [-0.4, -0.2) is 22.7 Å². The largest absolute Gasteiger partial charge is 0.378 e. The van der Waals surface area contributed by atoms with Crippen LogP contribution < -0.4 is 5.32 Å². The van der Waals surface area contributed by atoms with E-state index in [9.17, 15) is 9.90 Å². The Morgan fingerprint density at radius 3 is 2.77 bits per heavy atom. The molecule has 1 aliphatic rings. The van der Waals surface area contributed by atoms with E-state index in [-0.39, 0.29) is 11.9 Å². The van der Waals surface area contributed by atoms with E-state index in [0.717, 1.165) is 24.0 Å². The van der Waals surface area contributed by atoms with Crippen LogP contribution in [0.1, 0.15) is 47.2 Å². The van der Waals surface area contributed by atoms with Gasteiger partial charge in [0.15, 0.2) is 0 Å². The third-order valence-corrected chi connectivity index (χ3v) is 4.88. The molecule has 0 spiro atoms. The number of hydrogen-bond donors (Lipinski definition) is 2. The normalized spacial score (nSPS) is 22.2. The zero-order valence-corrected chi connectivity index (χ0v) is 15.5.